The highest BCUT2D eigenvalue weighted by molar-refractivity contribution is 9.10. The average molecular weight is 274 g/mol. The highest BCUT2D eigenvalue weighted by atomic mass is 79.9. The highest BCUT2D eigenvalue weighted by Crippen LogP contribution is 2.26. The first kappa shape index (κ1) is 9.67. The number of imidazole rings is 1. The molecule has 0 fully saturated rings. The van der Waals surface area contributed by atoms with E-state index in [1.165, 1.54) is 6.07 Å². The van der Waals surface area contributed by atoms with Gasteiger partial charge in [-0.2, -0.15) is 0 Å². The Morgan fingerprint density at radius 1 is 1.43 bits per heavy atom. The third-order valence-corrected chi connectivity index (χ3v) is 2.78. The largest absolute Gasteiger partial charge is 0.339 e. The number of hydrogen-bond acceptors (Lipinski definition) is 3. The summed E-state index contributed by atoms with van der Waals surface area (Å²) in [6, 6.07) is 1.37. The van der Waals surface area contributed by atoms with E-state index in [1.54, 1.807) is 18.6 Å². The van der Waals surface area contributed by atoms with E-state index in [1.807, 2.05) is 0 Å². The molecule has 0 aliphatic carbocycles. The van der Waals surface area contributed by atoms with Crippen LogP contribution in [0.4, 0.5) is 4.39 Å². The molecule has 0 radical (unpaired) electrons. The Morgan fingerprint density at radius 3 is 2.93 bits per heavy atom. The van der Waals surface area contributed by atoms with E-state index in [0.29, 0.717) is 14.7 Å². The molecule has 14 heavy (non-hydrogen) atoms. The van der Waals surface area contributed by atoms with Gasteiger partial charge in [0.2, 0.25) is 0 Å². The van der Waals surface area contributed by atoms with Gasteiger partial charge in [0.15, 0.2) is 11.0 Å². The van der Waals surface area contributed by atoms with Crippen LogP contribution in [0.2, 0.25) is 0 Å². The molecule has 6 heteroatoms. The van der Waals surface area contributed by atoms with Crippen LogP contribution in [-0.2, 0) is 0 Å². The molecule has 3 nitrogen and oxygen atoms in total. The lowest BCUT2D eigenvalue weighted by molar-refractivity contribution is 0.586. The average Bonchev–Trinajstić information content (AvgIpc) is 2.62. The maximum Gasteiger partial charge on any atom is 0.171 e. The minimum atomic E-state index is -0.360. The van der Waals surface area contributed by atoms with Crippen molar-refractivity contribution in [3.63, 3.8) is 0 Å². The summed E-state index contributed by atoms with van der Waals surface area (Å²) in [4.78, 5) is 10.8. The van der Waals surface area contributed by atoms with E-state index in [9.17, 15) is 4.39 Å². The molecule has 0 aromatic carbocycles. The van der Waals surface area contributed by atoms with Crippen LogP contribution in [0.1, 0.15) is 0 Å². The van der Waals surface area contributed by atoms with Crippen molar-refractivity contribution in [3.8, 4) is 0 Å². The first-order valence-corrected chi connectivity index (χ1v) is 5.35. The zero-order chi connectivity index (χ0) is 9.97. The van der Waals surface area contributed by atoms with Crippen molar-refractivity contribution in [1.82, 2.24) is 15.0 Å². The molecule has 0 spiro atoms. The van der Waals surface area contributed by atoms with Crippen LogP contribution in [0.15, 0.2) is 39.3 Å². The topological polar surface area (TPSA) is 41.6 Å². The quantitative estimate of drug-likeness (QED) is 0.915. The molecule has 0 unspecified atom stereocenters. The van der Waals surface area contributed by atoms with Crippen molar-refractivity contribution >= 4 is 27.7 Å². The third-order valence-electron chi connectivity index (χ3n) is 1.44. The zero-order valence-corrected chi connectivity index (χ0v) is 9.27. The Kier molecular flexibility index (Phi) is 2.83. The number of rotatable bonds is 2. The Hall–Kier alpha value is -0.880. The highest BCUT2D eigenvalue weighted by Gasteiger charge is 2.07. The molecule has 0 bridgehead atoms. The Balaban J connectivity index is 2.25. The lowest BCUT2D eigenvalue weighted by atomic mass is 10.5. The van der Waals surface area contributed by atoms with Crippen LogP contribution in [0.5, 0.6) is 0 Å². The normalized spacial score (nSPS) is 10.4. The number of nitrogens with zero attached hydrogens (tertiary/aromatic N) is 2. The lowest BCUT2D eigenvalue weighted by Gasteiger charge is -1.98. The van der Waals surface area contributed by atoms with Gasteiger partial charge in [0, 0.05) is 23.1 Å². The van der Waals surface area contributed by atoms with Crippen molar-refractivity contribution < 1.29 is 4.39 Å². The van der Waals surface area contributed by atoms with E-state index in [4.69, 9.17) is 0 Å². The Bertz CT molecular complexity index is 432. The number of aromatic amines is 1. The van der Waals surface area contributed by atoms with E-state index < -0.39 is 0 Å². The molecule has 72 valence electrons. The van der Waals surface area contributed by atoms with Gasteiger partial charge in [0.25, 0.3) is 0 Å². The predicted octanol–water partition coefficient (Wildman–Crippen LogP) is 2.86. The summed E-state index contributed by atoms with van der Waals surface area (Å²) >= 11 is 4.29. The van der Waals surface area contributed by atoms with Crippen LogP contribution >= 0.6 is 27.7 Å². The second-order valence-electron chi connectivity index (χ2n) is 2.44. The molecule has 2 rings (SSSR count). The lowest BCUT2D eigenvalue weighted by Crippen LogP contribution is -1.87. The van der Waals surface area contributed by atoms with Crippen molar-refractivity contribution in [2.45, 2.75) is 10.2 Å². The van der Waals surface area contributed by atoms with Crippen LogP contribution in [-0.4, -0.2) is 15.0 Å². The van der Waals surface area contributed by atoms with Crippen molar-refractivity contribution in [2.75, 3.05) is 0 Å². The summed E-state index contributed by atoms with van der Waals surface area (Å²) < 4.78 is 13.9. The molecule has 2 aromatic heterocycles. The van der Waals surface area contributed by atoms with Crippen LogP contribution < -0.4 is 0 Å². The molecule has 0 saturated carbocycles. The summed E-state index contributed by atoms with van der Waals surface area (Å²) in [5.41, 5.74) is 0. The van der Waals surface area contributed by atoms with Gasteiger partial charge in [0.1, 0.15) is 5.03 Å². The van der Waals surface area contributed by atoms with Gasteiger partial charge in [0.05, 0.1) is 0 Å². The molecule has 2 aromatic rings. The van der Waals surface area contributed by atoms with E-state index in [2.05, 4.69) is 30.9 Å². The van der Waals surface area contributed by atoms with Gasteiger partial charge in [-0.25, -0.2) is 14.4 Å². The second kappa shape index (κ2) is 4.10. The minimum absolute atomic E-state index is 0.308. The third kappa shape index (κ3) is 2.13. The molecule has 0 aliphatic heterocycles. The second-order valence-corrected chi connectivity index (χ2v) is 4.33. The van der Waals surface area contributed by atoms with Crippen molar-refractivity contribution in [3.05, 3.63) is 34.9 Å². The van der Waals surface area contributed by atoms with Gasteiger partial charge in [-0.3, -0.25) is 0 Å². The monoisotopic (exact) mass is 273 g/mol. The zero-order valence-electron chi connectivity index (χ0n) is 6.87. The smallest absolute Gasteiger partial charge is 0.171 e. The van der Waals surface area contributed by atoms with Crippen molar-refractivity contribution in [2.24, 2.45) is 0 Å². The number of aromatic nitrogens is 3. The number of H-pyrrole nitrogens is 1. The SMILES string of the molecule is Fc1cc(Br)cnc1Sc1ncc[nH]1. The number of pyridine rings is 1. The molecular formula is C8H5BrFN3S. The van der Waals surface area contributed by atoms with E-state index in [0.717, 1.165) is 11.8 Å². The van der Waals surface area contributed by atoms with Gasteiger partial charge < -0.3 is 4.98 Å². The summed E-state index contributed by atoms with van der Waals surface area (Å²) in [6.45, 7) is 0. The van der Waals surface area contributed by atoms with Crippen molar-refractivity contribution in [1.29, 1.82) is 0 Å². The van der Waals surface area contributed by atoms with Gasteiger partial charge >= 0.3 is 0 Å². The van der Waals surface area contributed by atoms with Crippen LogP contribution in [0, 0.1) is 5.82 Å². The number of halogens is 2. The molecule has 0 saturated heterocycles. The van der Waals surface area contributed by atoms with E-state index in [-0.39, 0.29) is 5.82 Å². The first-order valence-electron chi connectivity index (χ1n) is 3.74. The maximum absolute atomic E-state index is 13.3. The van der Waals surface area contributed by atoms with Gasteiger partial charge in [-0.05, 0) is 33.8 Å². The summed E-state index contributed by atoms with van der Waals surface area (Å²) in [7, 11) is 0. The number of hydrogen-bond donors (Lipinski definition) is 1. The molecule has 0 amide bonds. The number of nitrogens with one attached hydrogen (secondary N) is 1. The fourth-order valence-corrected chi connectivity index (χ4v) is 1.86. The molecule has 2 heterocycles. The predicted molar refractivity (Wildman–Crippen MR) is 54.6 cm³/mol. The van der Waals surface area contributed by atoms with Crippen LogP contribution in [0.25, 0.3) is 0 Å². The van der Waals surface area contributed by atoms with Gasteiger partial charge in [-0.1, -0.05) is 0 Å². The van der Waals surface area contributed by atoms with Crippen LogP contribution in [0.3, 0.4) is 0 Å². The van der Waals surface area contributed by atoms with Gasteiger partial charge in [-0.15, -0.1) is 0 Å². The maximum atomic E-state index is 13.3. The molecular weight excluding hydrogens is 269 g/mol. The Morgan fingerprint density at radius 2 is 2.29 bits per heavy atom. The molecule has 0 atom stereocenters. The molecule has 0 aliphatic rings. The summed E-state index contributed by atoms with van der Waals surface area (Å²) in [5.74, 6) is -0.360. The Labute approximate surface area is 92.3 Å². The molecule has 1 N–H and O–H groups in total. The summed E-state index contributed by atoms with van der Waals surface area (Å²) in [6.07, 6.45) is 4.84. The summed E-state index contributed by atoms with van der Waals surface area (Å²) in [5, 5.41) is 0.932. The minimum Gasteiger partial charge on any atom is -0.339 e. The fraction of sp³-hybridized carbons (Fsp3) is 0. The fourth-order valence-electron chi connectivity index (χ4n) is 0.875. The standard InChI is InChI=1S/C8H5BrFN3S/c9-5-3-6(10)7(13-4-5)14-8-11-1-2-12-8/h1-4H,(H,11,12). The van der Waals surface area contributed by atoms with E-state index >= 15 is 0 Å². The first-order chi connectivity index (χ1) is 6.75.